The normalized spacial score (nSPS) is 12.5. The van der Waals surface area contributed by atoms with Gasteiger partial charge in [-0.1, -0.05) is 149 Å². The Morgan fingerprint density at radius 3 is 1.42 bits per heavy atom. The smallest absolute Gasteiger partial charge is 0.143 e. The highest BCUT2D eigenvalue weighted by Crippen LogP contribution is 2.40. The van der Waals surface area contributed by atoms with Gasteiger partial charge >= 0.3 is 0 Å². The summed E-state index contributed by atoms with van der Waals surface area (Å²) < 4.78 is 6.72. The van der Waals surface area contributed by atoms with E-state index in [0.717, 1.165) is 29.5 Å². The van der Waals surface area contributed by atoms with E-state index in [2.05, 4.69) is 79.7 Å². The van der Waals surface area contributed by atoms with Gasteiger partial charge < -0.3 is 9.84 Å². The second kappa shape index (κ2) is 14.0. The van der Waals surface area contributed by atoms with E-state index >= 15 is 0 Å². The third kappa shape index (κ3) is 7.28. The molecule has 0 aliphatic heterocycles. The van der Waals surface area contributed by atoms with E-state index < -0.39 is 11.7 Å². The van der Waals surface area contributed by atoms with Crippen molar-refractivity contribution in [3.63, 3.8) is 0 Å². The number of ether oxygens (including phenoxy) is 1. The summed E-state index contributed by atoms with van der Waals surface area (Å²) in [6, 6.07) is 31.1. The van der Waals surface area contributed by atoms with E-state index in [1.165, 1.54) is 44.9 Å². The highest BCUT2D eigenvalue weighted by molar-refractivity contribution is 5.47. The monoisotopic (exact) mass is 444 g/mol. The van der Waals surface area contributed by atoms with Crippen LogP contribution >= 0.6 is 0 Å². The molecule has 0 saturated heterocycles. The van der Waals surface area contributed by atoms with Crippen molar-refractivity contribution in [3.05, 3.63) is 108 Å². The summed E-state index contributed by atoms with van der Waals surface area (Å²) in [7, 11) is 0. The first kappa shape index (κ1) is 25.2. The van der Waals surface area contributed by atoms with Gasteiger partial charge in [0.25, 0.3) is 0 Å². The predicted octanol–water partition coefficient (Wildman–Crippen LogP) is 7.89. The van der Waals surface area contributed by atoms with Crippen LogP contribution in [0.5, 0.6) is 0 Å². The van der Waals surface area contributed by atoms with Crippen LogP contribution in [0.25, 0.3) is 0 Å². The van der Waals surface area contributed by atoms with Gasteiger partial charge in [-0.05, 0) is 23.1 Å². The molecule has 0 unspecified atom stereocenters. The molecular weight excluding hydrogens is 404 g/mol. The van der Waals surface area contributed by atoms with Crippen molar-refractivity contribution in [2.45, 2.75) is 76.4 Å². The van der Waals surface area contributed by atoms with Gasteiger partial charge in [0.1, 0.15) is 5.60 Å². The summed E-state index contributed by atoms with van der Waals surface area (Å²) in [6.45, 7) is 2.56. The molecule has 0 fully saturated rings. The van der Waals surface area contributed by atoms with Crippen LogP contribution in [-0.4, -0.2) is 17.8 Å². The molecule has 0 amide bonds. The molecule has 0 aliphatic rings. The fourth-order valence-corrected chi connectivity index (χ4v) is 4.59. The molecule has 1 N–H and O–H groups in total. The topological polar surface area (TPSA) is 29.5 Å². The van der Waals surface area contributed by atoms with E-state index in [0.29, 0.717) is 6.61 Å². The molecule has 0 aromatic heterocycles. The number of aliphatic hydroxyl groups is 1. The van der Waals surface area contributed by atoms with Crippen LogP contribution in [0, 0.1) is 0 Å². The Morgan fingerprint density at radius 1 is 0.606 bits per heavy atom. The molecular formula is C31H40O2. The average Bonchev–Trinajstić information content (AvgIpc) is 2.88. The van der Waals surface area contributed by atoms with E-state index in [1.54, 1.807) is 0 Å². The highest BCUT2D eigenvalue weighted by atomic mass is 16.5. The van der Waals surface area contributed by atoms with Crippen molar-refractivity contribution in [1.29, 1.82) is 0 Å². The van der Waals surface area contributed by atoms with Crippen LogP contribution in [-0.2, 0) is 10.3 Å². The molecule has 0 saturated carbocycles. The number of hydrogen-bond acceptors (Lipinski definition) is 2. The van der Waals surface area contributed by atoms with Gasteiger partial charge in [-0.2, -0.15) is 0 Å². The molecule has 1 atom stereocenters. The minimum Gasteiger partial charge on any atom is -0.391 e. The Hall–Kier alpha value is -2.42. The van der Waals surface area contributed by atoms with Crippen molar-refractivity contribution < 1.29 is 9.84 Å². The molecule has 3 rings (SSSR count). The summed E-state index contributed by atoms with van der Waals surface area (Å²) in [6.07, 6.45) is 10.5. The van der Waals surface area contributed by atoms with Crippen LogP contribution in [0.15, 0.2) is 91.0 Å². The molecule has 0 spiro atoms. The summed E-state index contributed by atoms with van der Waals surface area (Å²) in [5.74, 6) is 0. The van der Waals surface area contributed by atoms with Gasteiger partial charge in [-0.25, -0.2) is 0 Å². The number of benzene rings is 3. The van der Waals surface area contributed by atoms with Crippen molar-refractivity contribution in [2.75, 3.05) is 6.61 Å². The van der Waals surface area contributed by atoms with E-state index in [-0.39, 0.29) is 0 Å². The quantitative estimate of drug-likeness (QED) is 0.191. The molecule has 0 aliphatic carbocycles. The van der Waals surface area contributed by atoms with E-state index in [1.807, 2.05) is 18.2 Å². The standard InChI is InChI=1S/C31H40O2/c1-2-3-4-5-6-7-8-18-25-30(32)26-33-31(27-19-12-9-13-20-27,28-21-14-10-15-22-28)29-23-16-11-17-24-29/h9-17,19-24,30,32H,2-8,18,25-26H2,1H3/t30-/m0/s1. The average molecular weight is 445 g/mol. The minimum atomic E-state index is -0.760. The fourth-order valence-electron chi connectivity index (χ4n) is 4.59. The molecule has 0 radical (unpaired) electrons. The zero-order valence-corrected chi connectivity index (χ0v) is 20.2. The lowest BCUT2D eigenvalue weighted by molar-refractivity contribution is -0.0405. The largest absolute Gasteiger partial charge is 0.391 e. The SMILES string of the molecule is CCCCCCCCCC[C@H](O)COC(c1ccccc1)(c1ccccc1)c1ccccc1. The summed E-state index contributed by atoms with van der Waals surface area (Å²) >= 11 is 0. The van der Waals surface area contributed by atoms with Crippen LogP contribution in [0.1, 0.15) is 81.4 Å². The maximum absolute atomic E-state index is 10.8. The van der Waals surface area contributed by atoms with Gasteiger partial charge in [-0.3, -0.25) is 0 Å². The van der Waals surface area contributed by atoms with Gasteiger partial charge in [0.05, 0.1) is 12.7 Å². The van der Waals surface area contributed by atoms with E-state index in [4.69, 9.17) is 4.74 Å². The van der Waals surface area contributed by atoms with Gasteiger partial charge in [0, 0.05) is 0 Å². The molecule has 176 valence electrons. The summed E-state index contributed by atoms with van der Waals surface area (Å²) in [5, 5.41) is 10.8. The molecule has 2 heteroatoms. The third-order valence-electron chi connectivity index (χ3n) is 6.42. The van der Waals surface area contributed by atoms with Crippen molar-refractivity contribution in [3.8, 4) is 0 Å². The maximum Gasteiger partial charge on any atom is 0.143 e. The Morgan fingerprint density at radius 2 is 1.00 bits per heavy atom. The molecule has 0 heterocycles. The lowest BCUT2D eigenvalue weighted by atomic mass is 9.80. The number of aliphatic hydroxyl groups excluding tert-OH is 1. The number of rotatable bonds is 15. The lowest BCUT2D eigenvalue weighted by Crippen LogP contribution is -2.35. The second-order valence-electron chi connectivity index (χ2n) is 9.01. The lowest BCUT2D eigenvalue weighted by Gasteiger charge is -2.36. The Kier molecular flexibility index (Phi) is 10.7. The molecule has 33 heavy (non-hydrogen) atoms. The van der Waals surface area contributed by atoms with Crippen molar-refractivity contribution in [2.24, 2.45) is 0 Å². The Labute approximate surface area is 200 Å². The zero-order chi connectivity index (χ0) is 23.2. The van der Waals surface area contributed by atoms with Gasteiger partial charge in [0.15, 0.2) is 0 Å². The van der Waals surface area contributed by atoms with Crippen LogP contribution < -0.4 is 0 Å². The first-order chi connectivity index (χ1) is 16.3. The molecule has 3 aromatic carbocycles. The molecule has 0 bridgehead atoms. The Bertz CT molecular complexity index is 780. The number of unbranched alkanes of at least 4 members (excludes halogenated alkanes) is 7. The minimum absolute atomic E-state index is 0.301. The van der Waals surface area contributed by atoms with E-state index in [9.17, 15) is 5.11 Å². The second-order valence-corrected chi connectivity index (χ2v) is 9.01. The fraction of sp³-hybridized carbons (Fsp3) is 0.419. The Balaban J connectivity index is 1.69. The zero-order valence-electron chi connectivity index (χ0n) is 20.2. The van der Waals surface area contributed by atoms with Crippen LogP contribution in [0.3, 0.4) is 0 Å². The summed E-state index contributed by atoms with van der Waals surface area (Å²) in [5.41, 5.74) is 2.45. The first-order valence-electron chi connectivity index (χ1n) is 12.8. The molecule has 3 aromatic rings. The summed E-state index contributed by atoms with van der Waals surface area (Å²) in [4.78, 5) is 0. The van der Waals surface area contributed by atoms with Gasteiger partial charge in [-0.15, -0.1) is 0 Å². The highest BCUT2D eigenvalue weighted by Gasteiger charge is 2.37. The van der Waals surface area contributed by atoms with Crippen molar-refractivity contribution >= 4 is 0 Å². The van der Waals surface area contributed by atoms with Crippen LogP contribution in [0.4, 0.5) is 0 Å². The van der Waals surface area contributed by atoms with Crippen LogP contribution in [0.2, 0.25) is 0 Å². The van der Waals surface area contributed by atoms with Gasteiger partial charge in [0.2, 0.25) is 0 Å². The first-order valence-corrected chi connectivity index (χ1v) is 12.8. The predicted molar refractivity (Wildman–Crippen MR) is 138 cm³/mol. The third-order valence-corrected chi connectivity index (χ3v) is 6.42. The maximum atomic E-state index is 10.8. The molecule has 2 nitrogen and oxygen atoms in total. The number of hydrogen-bond donors (Lipinski definition) is 1. The van der Waals surface area contributed by atoms with Crippen molar-refractivity contribution in [1.82, 2.24) is 0 Å².